The number of benzene rings is 2. The normalized spacial score (nSPS) is 10.4. The molecule has 144 valence electrons. The van der Waals surface area contributed by atoms with Crippen LogP contribution in [0.15, 0.2) is 48.5 Å². The van der Waals surface area contributed by atoms with E-state index in [1.165, 1.54) is 4.90 Å². The van der Waals surface area contributed by atoms with Gasteiger partial charge in [-0.2, -0.15) is 0 Å². The smallest absolute Gasteiger partial charge is 0.260 e. The lowest BCUT2D eigenvalue weighted by molar-refractivity contribution is -0.135. The number of hydrogen-bond donors (Lipinski definition) is 1. The topological polar surface area (TPSA) is 67.9 Å². The summed E-state index contributed by atoms with van der Waals surface area (Å²) in [6, 6.07) is 14.7. The largest absolute Gasteiger partial charge is 0.497 e. The van der Waals surface area contributed by atoms with Crippen LogP contribution in [0.2, 0.25) is 0 Å². The molecular weight excluding hydrogens is 344 g/mol. The van der Waals surface area contributed by atoms with Gasteiger partial charge in [-0.15, -0.1) is 0 Å². The van der Waals surface area contributed by atoms with Crippen LogP contribution in [-0.4, -0.2) is 44.0 Å². The first-order valence-corrected chi connectivity index (χ1v) is 8.80. The maximum absolute atomic E-state index is 12.3. The highest BCUT2D eigenvalue weighted by atomic mass is 16.5. The van der Waals surface area contributed by atoms with Crippen molar-refractivity contribution in [2.75, 3.05) is 32.6 Å². The second kappa shape index (κ2) is 9.62. The zero-order chi connectivity index (χ0) is 19.8. The molecule has 6 heteroatoms. The summed E-state index contributed by atoms with van der Waals surface area (Å²) in [6.07, 6.45) is 0. The fraction of sp³-hybridized carbons (Fsp3) is 0.333. The van der Waals surface area contributed by atoms with Crippen LogP contribution in [0.4, 0.5) is 5.69 Å². The van der Waals surface area contributed by atoms with E-state index < -0.39 is 0 Å². The molecule has 2 aromatic rings. The lowest BCUT2D eigenvalue weighted by Gasteiger charge is -2.18. The molecule has 2 aromatic carbocycles. The Labute approximate surface area is 160 Å². The fourth-order valence-corrected chi connectivity index (χ4v) is 2.54. The van der Waals surface area contributed by atoms with E-state index in [0.717, 1.165) is 5.56 Å². The molecule has 0 fully saturated rings. The van der Waals surface area contributed by atoms with Crippen molar-refractivity contribution in [3.63, 3.8) is 0 Å². The van der Waals surface area contributed by atoms with E-state index in [1.54, 1.807) is 38.4 Å². The molecule has 27 heavy (non-hydrogen) atoms. The third-order valence-electron chi connectivity index (χ3n) is 4.05. The number of carbonyl (C=O) groups excluding carboxylic acids is 2. The van der Waals surface area contributed by atoms with Crippen molar-refractivity contribution in [3.05, 3.63) is 54.1 Å². The molecule has 0 atom stereocenters. The number of hydrogen-bond acceptors (Lipinski definition) is 4. The number of para-hydroxylation sites is 1. The number of amides is 2. The highest BCUT2D eigenvalue weighted by Crippen LogP contribution is 2.25. The van der Waals surface area contributed by atoms with Crippen LogP contribution in [0, 0.1) is 0 Å². The Morgan fingerprint density at radius 1 is 1.11 bits per heavy atom. The van der Waals surface area contributed by atoms with Crippen LogP contribution in [0.3, 0.4) is 0 Å². The molecule has 0 unspecified atom stereocenters. The molecule has 0 saturated carbocycles. The lowest BCUT2D eigenvalue weighted by atomic mass is 10.0. The van der Waals surface area contributed by atoms with E-state index in [2.05, 4.69) is 19.2 Å². The van der Waals surface area contributed by atoms with E-state index in [9.17, 15) is 9.59 Å². The third kappa shape index (κ3) is 6.02. The second-order valence-corrected chi connectivity index (χ2v) is 6.51. The van der Waals surface area contributed by atoms with Crippen molar-refractivity contribution in [2.24, 2.45) is 0 Å². The summed E-state index contributed by atoms with van der Waals surface area (Å²) in [5.41, 5.74) is 1.66. The molecule has 0 aliphatic rings. The molecule has 2 amide bonds. The number of anilines is 1. The van der Waals surface area contributed by atoms with E-state index in [0.29, 0.717) is 23.1 Å². The van der Waals surface area contributed by atoms with Gasteiger partial charge in [-0.1, -0.05) is 38.1 Å². The molecule has 0 radical (unpaired) electrons. The molecule has 0 aromatic heterocycles. The highest BCUT2D eigenvalue weighted by molar-refractivity contribution is 5.94. The summed E-state index contributed by atoms with van der Waals surface area (Å²) in [5, 5.41) is 2.75. The van der Waals surface area contributed by atoms with Crippen molar-refractivity contribution >= 4 is 17.5 Å². The summed E-state index contributed by atoms with van der Waals surface area (Å²) in [5.74, 6) is 1.07. The molecule has 0 aliphatic carbocycles. The molecule has 0 heterocycles. The number of nitrogens with one attached hydrogen (secondary N) is 1. The average molecular weight is 370 g/mol. The number of ether oxygens (including phenoxy) is 2. The first-order valence-electron chi connectivity index (χ1n) is 8.80. The number of nitrogens with zero attached hydrogens (tertiary/aromatic N) is 1. The number of rotatable bonds is 8. The van der Waals surface area contributed by atoms with Gasteiger partial charge in [0.05, 0.1) is 13.7 Å². The predicted molar refractivity (Wildman–Crippen MR) is 105 cm³/mol. The zero-order valence-corrected chi connectivity index (χ0v) is 16.2. The van der Waals surface area contributed by atoms with Crippen molar-refractivity contribution in [2.45, 2.75) is 19.8 Å². The minimum absolute atomic E-state index is 0.0643. The van der Waals surface area contributed by atoms with Gasteiger partial charge >= 0.3 is 0 Å². The Kier molecular flexibility index (Phi) is 7.23. The lowest BCUT2D eigenvalue weighted by Crippen LogP contribution is -2.37. The van der Waals surface area contributed by atoms with Crippen LogP contribution in [0.5, 0.6) is 11.5 Å². The molecule has 0 spiro atoms. The summed E-state index contributed by atoms with van der Waals surface area (Å²) in [7, 11) is 3.13. The van der Waals surface area contributed by atoms with Crippen LogP contribution < -0.4 is 14.8 Å². The number of methoxy groups -OCH3 is 1. The monoisotopic (exact) mass is 370 g/mol. The van der Waals surface area contributed by atoms with Crippen LogP contribution >= 0.6 is 0 Å². The van der Waals surface area contributed by atoms with Gasteiger partial charge in [-0.25, -0.2) is 0 Å². The van der Waals surface area contributed by atoms with Crippen molar-refractivity contribution in [1.29, 1.82) is 0 Å². The van der Waals surface area contributed by atoms with E-state index in [-0.39, 0.29) is 25.0 Å². The minimum atomic E-state index is -0.290. The Hall–Kier alpha value is -3.02. The maximum atomic E-state index is 12.3. The molecule has 0 saturated heterocycles. The van der Waals surface area contributed by atoms with Gasteiger partial charge in [0.25, 0.3) is 5.91 Å². The summed E-state index contributed by atoms with van der Waals surface area (Å²) < 4.78 is 10.8. The van der Waals surface area contributed by atoms with E-state index >= 15 is 0 Å². The number of carbonyl (C=O) groups is 2. The quantitative estimate of drug-likeness (QED) is 0.774. The van der Waals surface area contributed by atoms with Gasteiger partial charge in [-0.3, -0.25) is 9.59 Å². The van der Waals surface area contributed by atoms with Gasteiger partial charge in [-0.05, 0) is 29.7 Å². The molecule has 1 N–H and O–H groups in total. The van der Waals surface area contributed by atoms with E-state index in [4.69, 9.17) is 9.47 Å². The molecule has 6 nitrogen and oxygen atoms in total. The molecule has 0 aliphatic heterocycles. The SMILES string of the molecule is COc1cccc(NC(=O)CN(C)C(=O)COc2ccccc2C(C)C)c1. The molecule has 2 rings (SSSR count). The Morgan fingerprint density at radius 2 is 1.85 bits per heavy atom. The molecular formula is C21H26N2O4. The predicted octanol–water partition coefficient (Wildman–Crippen LogP) is 3.29. The van der Waals surface area contributed by atoms with Gasteiger partial charge in [0.1, 0.15) is 11.5 Å². The van der Waals surface area contributed by atoms with Crippen LogP contribution in [0.25, 0.3) is 0 Å². The second-order valence-electron chi connectivity index (χ2n) is 6.51. The zero-order valence-electron chi connectivity index (χ0n) is 16.2. The average Bonchev–Trinajstić information content (AvgIpc) is 2.66. The van der Waals surface area contributed by atoms with E-state index in [1.807, 2.05) is 24.3 Å². The number of likely N-dealkylation sites (N-methyl/N-ethyl adjacent to an activating group) is 1. The van der Waals surface area contributed by atoms with Gasteiger partial charge in [0.15, 0.2) is 6.61 Å². The van der Waals surface area contributed by atoms with Crippen molar-refractivity contribution in [3.8, 4) is 11.5 Å². The van der Waals surface area contributed by atoms with Crippen molar-refractivity contribution < 1.29 is 19.1 Å². The first-order chi connectivity index (χ1) is 12.9. The van der Waals surface area contributed by atoms with Crippen molar-refractivity contribution in [1.82, 2.24) is 4.90 Å². The summed E-state index contributed by atoms with van der Waals surface area (Å²) in [4.78, 5) is 25.8. The Balaban J connectivity index is 1.87. The van der Waals surface area contributed by atoms with Gasteiger partial charge < -0.3 is 19.7 Å². The minimum Gasteiger partial charge on any atom is -0.497 e. The maximum Gasteiger partial charge on any atom is 0.260 e. The summed E-state index contributed by atoms with van der Waals surface area (Å²) >= 11 is 0. The first kappa shape index (κ1) is 20.3. The summed E-state index contributed by atoms with van der Waals surface area (Å²) in [6.45, 7) is 3.95. The van der Waals surface area contributed by atoms with Gasteiger partial charge in [0, 0.05) is 18.8 Å². The highest BCUT2D eigenvalue weighted by Gasteiger charge is 2.15. The van der Waals surface area contributed by atoms with Crippen LogP contribution in [-0.2, 0) is 9.59 Å². The Bertz CT molecular complexity index is 789. The standard InChI is InChI=1S/C21H26N2O4/c1-15(2)18-10-5-6-11-19(18)27-14-21(25)23(3)13-20(24)22-16-8-7-9-17(12-16)26-4/h5-12,15H,13-14H2,1-4H3,(H,22,24). The Morgan fingerprint density at radius 3 is 2.56 bits per heavy atom. The molecule has 0 bridgehead atoms. The third-order valence-corrected chi connectivity index (χ3v) is 4.05. The van der Waals surface area contributed by atoms with Crippen LogP contribution in [0.1, 0.15) is 25.3 Å². The fourth-order valence-electron chi connectivity index (χ4n) is 2.54. The van der Waals surface area contributed by atoms with Gasteiger partial charge in [0.2, 0.25) is 5.91 Å².